The molecule has 0 fully saturated rings. The molecule has 0 radical (unpaired) electrons. The standard InChI is InChI=1S/C49H36N4/c1-49(2)46-36-18-7-6-14-31(36)22-25-39(46)45-47(49)38-20-9-8-19-37(38)44-40-28-32-15-4-5-16-33(32)29-43(40)53(48(44)45)35(24-23-34-17-10-12-26-51-34)30-42(50-3)41-21-11-13-27-52-41/h4-22,24-30H,3,23H2,1-2H3/b35-24+,42-30-. The van der Waals surface area contributed by atoms with Gasteiger partial charge in [-0.15, -0.1) is 0 Å². The van der Waals surface area contributed by atoms with Crippen LogP contribution in [0, 0.1) is 0 Å². The number of pyridine rings is 2. The Bertz CT molecular complexity index is 3000. The van der Waals surface area contributed by atoms with E-state index in [1.54, 1.807) is 6.20 Å². The van der Waals surface area contributed by atoms with Crippen LogP contribution in [0.4, 0.5) is 0 Å². The molecule has 4 heteroatoms. The van der Waals surface area contributed by atoms with Crippen LogP contribution >= 0.6 is 0 Å². The monoisotopic (exact) mass is 680 g/mol. The Kier molecular flexibility index (Phi) is 7.02. The molecule has 3 aromatic heterocycles. The molecule has 53 heavy (non-hydrogen) atoms. The topological polar surface area (TPSA) is 43.1 Å². The third-order valence-corrected chi connectivity index (χ3v) is 11.1. The molecule has 0 saturated carbocycles. The van der Waals surface area contributed by atoms with Gasteiger partial charge in [-0.05, 0) is 98.2 Å². The lowest BCUT2D eigenvalue weighted by atomic mass is 9.78. The van der Waals surface area contributed by atoms with Gasteiger partial charge in [-0.3, -0.25) is 15.0 Å². The van der Waals surface area contributed by atoms with Gasteiger partial charge in [-0.1, -0.05) is 117 Å². The number of allylic oxidation sites excluding steroid dienone is 3. The van der Waals surface area contributed by atoms with E-state index in [1.165, 1.54) is 70.9 Å². The van der Waals surface area contributed by atoms with Gasteiger partial charge in [0.1, 0.15) is 0 Å². The van der Waals surface area contributed by atoms with Crippen LogP contribution < -0.4 is 0 Å². The molecular weight excluding hydrogens is 645 g/mol. The lowest BCUT2D eigenvalue weighted by Crippen LogP contribution is -2.16. The summed E-state index contributed by atoms with van der Waals surface area (Å²) in [5.41, 5.74) is 10.8. The highest BCUT2D eigenvalue weighted by Crippen LogP contribution is 2.58. The molecule has 0 N–H and O–H groups in total. The fourth-order valence-electron chi connectivity index (χ4n) is 8.91. The van der Waals surface area contributed by atoms with Gasteiger partial charge < -0.3 is 4.57 Å². The van der Waals surface area contributed by atoms with Crippen molar-refractivity contribution in [3.8, 4) is 11.1 Å². The van der Waals surface area contributed by atoms with E-state index in [0.717, 1.165) is 22.6 Å². The lowest BCUT2D eigenvalue weighted by Gasteiger charge is -2.25. The zero-order valence-corrected chi connectivity index (χ0v) is 29.7. The minimum atomic E-state index is -0.263. The Morgan fingerprint density at radius 1 is 0.679 bits per heavy atom. The Morgan fingerprint density at radius 3 is 2.09 bits per heavy atom. The lowest BCUT2D eigenvalue weighted by molar-refractivity contribution is 0.672. The van der Waals surface area contributed by atoms with Crippen molar-refractivity contribution in [2.45, 2.75) is 25.7 Å². The maximum absolute atomic E-state index is 4.71. The van der Waals surface area contributed by atoms with Gasteiger partial charge in [-0.2, -0.15) is 0 Å². The summed E-state index contributed by atoms with van der Waals surface area (Å²) in [6.07, 6.45) is 8.73. The van der Waals surface area contributed by atoms with Crippen LogP contribution in [0.25, 0.3) is 76.6 Å². The number of benzene rings is 6. The van der Waals surface area contributed by atoms with Crippen molar-refractivity contribution in [3.05, 3.63) is 181 Å². The van der Waals surface area contributed by atoms with E-state index in [-0.39, 0.29) is 5.41 Å². The number of fused-ring (bicyclic) bond motifs is 13. The first-order chi connectivity index (χ1) is 26.0. The van der Waals surface area contributed by atoms with E-state index in [1.807, 2.05) is 36.5 Å². The van der Waals surface area contributed by atoms with Crippen molar-refractivity contribution in [1.29, 1.82) is 0 Å². The maximum Gasteiger partial charge on any atom is 0.0899 e. The highest BCUT2D eigenvalue weighted by molar-refractivity contribution is 6.29. The zero-order chi connectivity index (χ0) is 35.7. The number of hydrogen-bond donors (Lipinski definition) is 0. The quantitative estimate of drug-likeness (QED) is 0.130. The molecule has 0 bridgehead atoms. The van der Waals surface area contributed by atoms with Crippen LogP contribution in [0.3, 0.4) is 0 Å². The molecule has 10 rings (SSSR count). The number of aromatic nitrogens is 3. The van der Waals surface area contributed by atoms with E-state index in [0.29, 0.717) is 12.1 Å². The third-order valence-electron chi connectivity index (χ3n) is 11.1. The largest absolute Gasteiger partial charge is 0.309 e. The highest BCUT2D eigenvalue weighted by Gasteiger charge is 2.41. The Morgan fingerprint density at radius 2 is 1.36 bits per heavy atom. The van der Waals surface area contributed by atoms with Gasteiger partial charge in [-0.25, -0.2) is 0 Å². The van der Waals surface area contributed by atoms with Crippen LogP contribution in [-0.4, -0.2) is 21.3 Å². The zero-order valence-electron chi connectivity index (χ0n) is 29.7. The van der Waals surface area contributed by atoms with Crippen molar-refractivity contribution in [1.82, 2.24) is 14.5 Å². The molecule has 0 saturated heterocycles. The van der Waals surface area contributed by atoms with Crippen molar-refractivity contribution in [2.75, 3.05) is 0 Å². The molecule has 0 unspecified atom stereocenters. The number of nitrogens with zero attached hydrogens (tertiary/aromatic N) is 4. The summed E-state index contributed by atoms with van der Waals surface area (Å²) in [6.45, 7) is 8.83. The van der Waals surface area contributed by atoms with Crippen LogP contribution in [-0.2, 0) is 11.8 Å². The summed E-state index contributed by atoms with van der Waals surface area (Å²) in [7, 11) is 0. The minimum Gasteiger partial charge on any atom is -0.309 e. The second-order valence-corrected chi connectivity index (χ2v) is 14.5. The molecule has 0 atom stereocenters. The van der Waals surface area contributed by atoms with Gasteiger partial charge in [0.15, 0.2) is 0 Å². The smallest absolute Gasteiger partial charge is 0.0899 e. The molecule has 6 aromatic carbocycles. The van der Waals surface area contributed by atoms with Crippen LogP contribution in [0.2, 0.25) is 0 Å². The second-order valence-electron chi connectivity index (χ2n) is 14.5. The first-order valence-corrected chi connectivity index (χ1v) is 18.2. The highest BCUT2D eigenvalue weighted by atomic mass is 15.0. The number of aliphatic imine (C=N–C) groups is 1. The molecular formula is C49H36N4. The molecule has 4 nitrogen and oxygen atoms in total. The van der Waals surface area contributed by atoms with E-state index in [9.17, 15) is 0 Å². The van der Waals surface area contributed by atoms with E-state index >= 15 is 0 Å². The maximum atomic E-state index is 4.71. The Balaban J connectivity index is 1.43. The number of hydrogen-bond acceptors (Lipinski definition) is 3. The summed E-state index contributed by atoms with van der Waals surface area (Å²) in [5.74, 6) is 0. The Hall–Kier alpha value is -6.65. The molecule has 1 aliphatic rings. The molecule has 9 aromatic rings. The van der Waals surface area contributed by atoms with Gasteiger partial charge in [0, 0.05) is 52.0 Å². The first kappa shape index (κ1) is 31.1. The minimum absolute atomic E-state index is 0.263. The molecule has 0 aliphatic heterocycles. The number of rotatable bonds is 6. The van der Waals surface area contributed by atoms with Crippen molar-refractivity contribution in [3.63, 3.8) is 0 Å². The van der Waals surface area contributed by atoms with Crippen molar-refractivity contribution >= 4 is 72.2 Å². The van der Waals surface area contributed by atoms with Crippen LogP contribution in [0.15, 0.2) is 163 Å². The van der Waals surface area contributed by atoms with Gasteiger partial charge in [0.05, 0.1) is 22.4 Å². The van der Waals surface area contributed by atoms with E-state index in [2.05, 4.69) is 145 Å². The summed E-state index contributed by atoms with van der Waals surface area (Å²) >= 11 is 0. The van der Waals surface area contributed by atoms with Crippen molar-refractivity contribution in [2.24, 2.45) is 4.99 Å². The predicted octanol–water partition coefficient (Wildman–Crippen LogP) is 12.2. The van der Waals surface area contributed by atoms with E-state index < -0.39 is 0 Å². The molecule has 252 valence electrons. The fraction of sp³-hybridized carbons (Fsp3) is 0.0816. The summed E-state index contributed by atoms with van der Waals surface area (Å²) in [4.78, 5) is 14.0. The summed E-state index contributed by atoms with van der Waals surface area (Å²) in [6, 6.07) is 47.9. The molecule has 1 aliphatic carbocycles. The average Bonchev–Trinajstić information content (AvgIpc) is 3.66. The van der Waals surface area contributed by atoms with E-state index in [4.69, 9.17) is 9.97 Å². The molecule has 0 amide bonds. The molecule has 0 spiro atoms. The van der Waals surface area contributed by atoms with Gasteiger partial charge in [0.2, 0.25) is 0 Å². The van der Waals surface area contributed by atoms with Crippen LogP contribution in [0.1, 0.15) is 36.4 Å². The third kappa shape index (κ3) is 4.72. The van der Waals surface area contributed by atoms with Gasteiger partial charge in [0.25, 0.3) is 0 Å². The first-order valence-electron chi connectivity index (χ1n) is 18.2. The fourth-order valence-corrected chi connectivity index (χ4v) is 8.91. The van der Waals surface area contributed by atoms with Gasteiger partial charge >= 0.3 is 0 Å². The summed E-state index contributed by atoms with van der Waals surface area (Å²) < 4.78 is 2.49. The second kappa shape index (κ2) is 12.0. The molecule has 3 heterocycles. The van der Waals surface area contributed by atoms with Crippen molar-refractivity contribution < 1.29 is 0 Å². The summed E-state index contributed by atoms with van der Waals surface area (Å²) in [5, 5.41) is 9.98. The normalized spacial score (nSPS) is 14.0. The van der Waals surface area contributed by atoms with Crippen LogP contribution in [0.5, 0.6) is 0 Å². The SMILES string of the molecule is C=N/C(=C\C(=C/Cc1ccccn1)n1c2cc3ccccc3cc2c2c3ccccc3c3c(c21)-c1ccc2ccccc2c1C3(C)C)c1ccccn1. The average molecular weight is 681 g/mol. The Labute approximate surface area is 308 Å². The predicted molar refractivity (Wildman–Crippen MR) is 224 cm³/mol.